The second kappa shape index (κ2) is 15.3. The highest BCUT2D eigenvalue weighted by molar-refractivity contribution is 6.30. The normalized spacial score (nSPS) is 11.1. The van der Waals surface area contributed by atoms with E-state index in [4.69, 9.17) is 20.9 Å². The fourth-order valence-electron chi connectivity index (χ4n) is 2.90. The number of ether oxygens (including phenoxy) is 1. The Labute approximate surface area is 231 Å². The van der Waals surface area contributed by atoms with E-state index in [0.29, 0.717) is 34.7 Å². The first-order chi connectivity index (χ1) is 19.0. The molecule has 39 heavy (non-hydrogen) atoms. The van der Waals surface area contributed by atoms with Crippen molar-refractivity contribution in [3.05, 3.63) is 113 Å². The van der Waals surface area contributed by atoms with Crippen molar-refractivity contribution >= 4 is 35.9 Å². The van der Waals surface area contributed by atoms with Crippen LogP contribution >= 0.6 is 11.6 Å². The number of aliphatic imine (C=N–C) groups is 1. The maximum Gasteiger partial charge on any atom is 0.259 e. The summed E-state index contributed by atoms with van der Waals surface area (Å²) in [5, 5.41) is 10.5. The quantitative estimate of drug-likeness (QED) is 0.160. The van der Waals surface area contributed by atoms with E-state index >= 15 is 0 Å². The molecule has 0 saturated heterocycles. The van der Waals surface area contributed by atoms with Gasteiger partial charge in [0.1, 0.15) is 18.3 Å². The van der Waals surface area contributed by atoms with E-state index in [0.717, 1.165) is 29.6 Å². The summed E-state index contributed by atoms with van der Waals surface area (Å²) in [5.41, 5.74) is 3.15. The smallest absolute Gasteiger partial charge is 0.259 e. The van der Waals surface area contributed by atoms with E-state index in [9.17, 15) is 9.59 Å². The van der Waals surface area contributed by atoms with Crippen molar-refractivity contribution in [2.24, 2.45) is 4.99 Å². The highest BCUT2D eigenvalue weighted by atomic mass is 35.5. The third kappa shape index (κ3) is 9.78. The van der Waals surface area contributed by atoms with Crippen LogP contribution in [0.25, 0.3) is 0 Å². The number of aromatic nitrogens is 2. The molecule has 0 saturated carbocycles. The zero-order chi connectivity index (χ0) is 27.9. The summed E-state index contributed by atoms with van der Waals surface area (Å²) in [6.07, 6.45) is 7.77. The minimum atomic E-state index is 0.326. The molecule has 4 aromatic rings. The van der Waals surface area contributed by atoms with Crippen LogP contribution in [0.2, 0.25) is 5.02 Å². The fraction of sp³-hybridized carbons (Fsp3) is 0.107. The Morgan fingerprint density at radius 2 is 1.77 bits per heavy atom. The molecule has 4 rings (SSSR count). The maximum atomic E-state index is 11.9. The van der Waals surface area contributed by atoms with Gasteiger partial charge in [-0.05, 0) is 66.2 Å². The molecule has 0 bridgehead atoms. The van der Waals surface area contributed by atoms with Crippen LogP contribution in [0.3, 0.4) is 0 Å². The molecule has 0 fully saturated rings. The number of carbonyl (C=O) groups is 2. The van der Waals surface area contributed by atoms with Gasteiger partial charge in [0.2, 0.25) is 12.4 Å². The number of nitrogens with one attached hydrogen (secondary N) is 2. The van der Waals surface area contributed by atoms with Gasteiger partial charge in [-0.25, -0.2) is 4.99 Å². The monoisotopic (exact) mass is 546 g/mol. The molecule has 1 amide bonds. The highest BCUT2D eigenvalue weighted by Gasteiger charge is 2.12. The lowest BCUT2D eigenvalue weighted by Gasteiger charge is -2.21. The zero-order valence-electron chi connectivity index (χ0n) is 21.3. The molecule has 11 heteroatoms. The molecule has 2 aromatic carbocycles. The van der Waals surface area contributed by atoms with Gasteiger partial charge >= 0.3 is 0 Å². The molecule has 2 N–H and O–H groups in total. The number of halogens is 1. The van der Waals surface area contributed by atoms with Crippen LogP contribution < -0.4 is 15.4 Å². The first kappa shape index (κ1) is 28.6. The van der Waals surface area contributed by atoms with Crippen molar-refractivity contribution in [1.29, 1.82) is 0 Å². The topological polar surface area (TPSA) is 122 Å². The van der Waals surface area contributed by atoms with Crippen LogP contribution in [-0.4, -0.2) is 40.7 Å². The summed E-state index contributed by atoms with van der Waals surface area (Å²) < 4.78 is 10.3. The fourth-order valence-corrected chi connectivity index (χ4v) is 3.03. The van der Waals surface area contributed by atoms with Crippen LogP contribution in [0.15, 0.2) is 107 Å². The number of carbonyl (C=O) groups excluding carboxylic acids is 2. The molecule has 0 unspecified atom stereocenters. The number of hydrogen-bond donors (Lipinski definition) is 2. The molecule has 0 aliphatic heterocycles. The number of benzene rings is 2. The number of guanidine groups is 1. The minimum Gasteiger partial charge on any atom is -0.436 e. The summed E-state index contributed by atoms with van der Waals surface area (Å²) >= 11 is 5.96. The Morgan fingerprint density at radius 1 is 1.05 bits per heavy atom. The Hall–Kier alpha value is -4.96. The second-order valence-electron chi connectivity index (χ2n) is 7.86. The number of rotatable bonds is 9. The second-order valence-corrected chi connectivity index (χ2v) is 8.30. The molecule has 200 valence electrons. The molecule has 2 aromatic heterocycles. The number of nitrogens with zero attached hydrogens (tertiary/aromatic N) is 4. The van der Waals surface area contributed by atoms with Gasteiger partial charge in [-0.3, -0.25) is 19.5 Å². The van der Waals surface area contributed by atoms with Crippen molar-refractivity contribution in [1.82, 2.24) is 20.4 Å². The van der Waals surface area contributed by atoms with E-state index in [-0.39, 0.29) is 0 Å². The lowest BCUT2D eigenvalue weighted by Crippen LogP contribution is -2.34. The van der Waals surface area contributed by atoms with Crippen molar-refractivity contribution < 1.29 is 18.8 Å². The Kier molecular flexibility index (Phi) is 11.2. The number of aldehydes is 1. The van der Waals surface area contributed by atoms with Crippen molar-refractivity contribution in [3.8, 4) is 11.6 Å². The molecule has 0 aliphatic rings. The summed E-state index contributed by atoms with van der Waals surface area (Å²) in [6.45, 7) is 2.20. The van der Waals surface area contributed by atoms with E-state index in [2.05, 4.69) is 25.8 Å². The SMILES string of the molecule is CN/C(C)=C/N=C(Nc1ccc(Oc2ccon2)cc1)N(C=O)Cc1ccc(Cl)cc1.O=Cc1ccncc1. The van der Waals surface area contributed by atoms with Gasteiger partial charge < -0.3 is 19.9 Å². The summed E-state index contributed by atoms with van der Waals surface area (Å²) in [6, 6.07) is 19.4. The number of allylic oxidation sites excluding steroid dienone is 1. The standard InChI is InChI=1S/C22H22ClN5O3.C6H5NO/c1-16(24-2)13-25-22(28(15-29)14-17-3-5-18(23)6-4-17)26-19-7-9-20(10-8-19)31-21-11-12-30-27-21;8-5-6-1-3-7-4-2-6/h3-13,15,24H,14H2,1-2H3,(H,25,26);1-5H/b16-13+;. The van der Waals surface area contributed by atoms with Crippen molar-refractivity contribution in [2.75, 3.05) is 12.4 Å². The molecule has 10 nitrogen and oxygen atoms in total. The van der Waals surface area contributed by atoms with E-state index in [1.165, 1.54) is 11.2 Å². The number of hydrogen-bond acceptors (Lipinski definition) is 8. The predicted octanol–water partition coefficient (Wildman–Crippen LogP) is 5.52. The van der Waals surface area contributed by atoms with E-state index < -0.39 is 0 Å². The first-order valence-corrected chi connectivity index (χ1v) is 12.1. The highest BCUT2D eigenvalue weighted by Crippen LogP contribution is 2.22. The number of pyridine rings is 1. The van der Waals surface area contributed by atoms with Gasteiger partial charge in [0, 0.05) is 53.7 Å². The summed E-state index contributed by atoms with van der Waals surface area (Å²) in [4.78, 5) is 31.5. The van der Waals surface area contributed by atoms with Gasteiger partial charge in [0.25, 0.3) is 5.88 Å². The van der Waals surface area contributed by atoms with E-state index in [1.54, 1.807) is 68.1 Å². The average molecular weight is 547 g/mol. The molecule has 2 heterocycles. The lowest BCUT2D eigenvalue weighted by molar-refractivity contribution is -0.115. The van der Waals surface area contributed by atoms with Crippen LogP contribution in [0.4, 0.5) is 5.69 Å². The van der Waals surface area contributed by atoms with Crippen LogP contribution in [-0.2, 0) is 11.3 Å². The molecular formula is C28H27ClN6O4. The van der Waals surface area contributed by atoms with Crippen LogP contribution in [0, 0.1) is 0 Å². The summed E-state index contributed by atoms with van der Waals surface area (Å²) in [5.74, 6) is 1.33. The van der Waals surface area contributed by atoms with Gasteiger partial charge in [0.15, 0.2) is 0 Å². The summed E-state index contributed by atoms with van der Waals surface area (Å²) in [7, 11) is 1.80. The maximum absolute atomic E-state index is 11.9. The molecule has 0 atom stereocenters. The molecular weight excluding hydrogens is 520 g/mol. The first-order valence-electron chi connectivity index (χ1n) is 11.7. The molecule has 0 radical (unpaired) electrons. The Bertz CT molecular complexity index is 1360. The van der Waals surface area contributed by atoms with Crippen molar-refractivity contribution in [3.63, 3.8) is 0 Å². The number of anilines is 1. The lowest BCUT2D eigenvalue weighted by atomic mass is 10.2. The van der Waals surface area contributed by atoms with Gasteiger partial charge in [0.05, 0.1) is 6.54 Å². The van der Waals surface area contributed by atoms with Crippen molar-refractivity contribution in [2.45, 2.75) is 13.5 Å². The zero-order valence-corrected chi connectivity index (χ0v) is 22.1. The predicted molar refractivity (Wildman–Crippen MR) is 150 cm³/mol. The average Bonchev–Trinajstić information content (AvgIpc) is 3.49. The Balaban J connectivity index is 0.000000449. The third-order valence-corrected chi connectivity index (χ3v) is 5.28. The molecule has 0 spiro atoms. The molecule has 0 aliphatic carbocycles. The third-order valence-electron chi connectivity index (χ3n) is 5.03. The number of amides is 1. The van der Waals surface area contributed by atoms with Gasteiger partial charge in [-0.15, -0.1) is 0 Å². The minimum absolute atomic E-state index is 0.326. The van der Waals surface area contributed by atoms with E-state index in [1.807, 2.05) is 31.2 Å². The van der Waals surface area contributed by atoms with Crippen LogP contribution in [0.1, 0.15) is 22.8 Å². The van der Waals surface area contributed by atoms with Gasteiger partial charge in [-0.1, -0.05) is 23.7 Å². The van der Waals surface area contributed by atoms with Crippen LogP contribution in [0.5, 0.6) is 11.6 Å². The van der Waals surface area contributed by atoms with Gasteiger partial charge in [-0.2, -0.15) is 0 Å². The Morgan fingerprint density at radius 3 is 2.33 bits per heavy atom. The largest absolute Gasteiger partial charge is 0.436 e.